The Morgan fingerprint density at radius 1 is 1.35 bits per heavy atom. The molecule has 7 nitrogen and oxygen atoms in total. The van der Waals surface area contributed by atoms with Crippen molar-refractivity contribution >= 4 is 5.91 Å². The van der Waals surface area contributed by atoms with Crippen molar-refractivity contribution in [3.8, 4) is 0 Å². The Kier molecular flexibility index (Phi) is 5.02. The van der Waals surface area contributed by atoms with Crippen molar-refractivity contribution in [3.05, 3.63) is 5.82 Å². The molecule has 0 saturated heterocycles. The number of likely N-dealkylation sites (N-methyl/N-ethyl adjacent to an activating group) is 1. The van der Waals surface area contributed by atoms with Gasteiger partial charge in [0.2, 0.25) is 0 Å². The number of amides is 1. The van der Waals surface area contributed by atoms with E-state index < -0.39 is 0 Å². The molecule has 0 radical (unpaired) electrons. The third-order valence-electron chi connectivity index (χ3n) is 2.23. The van der Waals surface area contributed by atoms with Crippen molar-refractivity contribution in [1.29, 1.82) is 0 Å². The maximum absolute atomic E-state index is 12.1. The number of aromatic amines is 1. The number of tetrazole rings is 1. The molecule has 0 aliphatic rings. The van der Waals surface area contributed by atoms with Crippen molar-refractivity contribution in [3.63, 3.8) is 0 Å². The summed E-state index contributed by atoms with van der Waals surface area (Å²) >= 11 is 0. The van der Waals surface area contributed by atoms with Crippen molar-refractivity contribution in [1.82, 2.24) is 30.4 Å². The van der Waals surface area contributed by atoms with Gasteiger partial charge in [-0.2, -0.15) is 5.21 Å². The highest BCUT2D eigenvalue weighted by atomic mass is 16.2. The van der Waals surface area contributed by atoms with E-state index in [1.165, 1.54) is 0 Å². The van der Waals surface area contributed by atoms with Crippen molar-refractivity contribution < 1.29 is 4.79 Å². The first-order valence-electron chi connectivity index (χ1n) is 5.68. The predicted molar refractivity (Wildman–Crippen MR) is 63.5 cm³/mol. The Morgan fingerprint density at radius 2 is 2.06 bits per heavy atom. The molecule has 0 unspecified atom stereocenters. The van der Waals surface area contributed by atoms with E-state index >= 15 is 0 Å². The van der Waals surface area contributed by atoms with Gasteiger partial charge in [-0.15, -0.1) is 10.2 Å². The van der Waals surface area contributed by atoms with Gasteiger partial charge in [-0.1, -0.05) is 13.8 Å². The molecule has 1 heterocycles. The lowest BCUT2D eigenvalue weighted by molar-refractivity contribution is 0.0712. The van der Waals surface area contributed by atoms with E-state index in [1.807, 2.05) is 19.0 Å². The summed E-state index contributed by atoms with van der Waals surface area (Å²) in [5, 5.41) is 13.1. The van der Waals surface area contributed by atoms with Gasteiger partial charge in [0.05, 0.1) is 0 Å². The molecule has 7 heteroatoms. The molecule has 0 aliphatic heterocycles. The van der Waals surface area contributed by atoms with Gasteiger partial charge in [0.1, 0.15) is 0 Å². The van der Waals surface area contributed by atoms with Crippen molar-refractivity contribution in [2.24, 2.45) is 5.92 Å². The van der Waals surface area contributed by atoms with E-state index in [2.05, 4.69) is 34.5 Å². The highest BCUT2D eigenvalue weighted by molar-refractivity contribution is 5.90. The zero-order valence-electron chi connectivity index (χ0n) is 10.8. The lowest BCUT2D eigenvalue weighted by Gasteiger charge is -2.24. The maximum atomic E-state index is 12.1. The average Bonchev–Trinajstić information content (AvgIpc) is 2.75. The van der Waals surface area contributed by atoms with Crippen LogP contribution in [0, 0.1) is 5.92 Å². The third-order valence-corrected chi connectivity index (χ3v) is 2.23. The van der Waals surface area contributed by atoms with Crippen LogP contribution < -0.4 is 0 Å². The smallest absolute Gasteiger partial charge is 0.295 e. The van der Waals surface area contributed by atoms with E-state index in [4.69, 9.17) is 0 Å². The molecular weight excluding hydrogens is 220 g/mol. The largest absolute Gasteiger partial charge is 0.334 e. The molecule has 1 aromatic rings. The number of rotatable bonds is 6. The van der Waals surface area contributed by atoms with Crippen LogP contribution in [-0.4, -0.2) is 70.1 Å². The highest BCUT2D eigenvalue weighted by Crippen LogP contribution is 2.03. The summed E-state index contributed by atoms with van der Waals surface area (Å²) in [4.78, 5) is 15.9. The second-order valence-electron chi connectivity index (χ2n) is 4.68. The first kappa shape index (κ1) is 13.6. The zero-order chi connectivity index (χ0) is 12.8. The van der Waals surface area contributed by atoms with Gasteiger partial charge in [-0.05, 0) is 25.2 Å². The van der Waals surface area contributed by atoms with Crippen LogP contribution in [0.3, 0.4) is 0 Å². The monoisotopic (exact) mass is 240 g/mol. The van der Waals surface area contributed by atoms with Crippen LogP contribution >= 0.6 is 0 Å². The number of nitrogens with zero attached hydrogens (tertiary/aromatic N) is 5. The van der Waals surface area contributed by atoms with Crippen LogP contribution in [0.25, 0.3) is 0 Å². The van der Waals surface area contributed by atoms with Gasteiger partial charge in [0.15, 0.2) is 0 Å². The predicted octanol–water partition coefficient (Wildman–Crippen LogP) is -0.140. The van der Waals surface area contributed by atoms with Gasteiger partial charge in [0.25, 0.3) is 11.7 Å². The second kappa shape index (κ2) is 6.29. The van der Waals surface area contributed by atoms with Crippen molar-refractivity contribution in [2.45, 2.75) is 13.8 Å². The fourth-order valence-corrected chi connectivity index (χ4v) is 1.43. The molecule has 0 aliphatic carbocycles. The van der Waals surface area contributed by atoms with E-state index in [9.17, 15) is 4.79 Å². The summed E-state index contributed by atoms with van der Waals surface area (Å²) in [5.41, 5.74) is 0. The first-order chi connectivity index (χ1) is 8.00. The molecule has 96 valence electrons. The molecule has 1 aromatic heterocycles. The van der Waals surface area contributed by atoms with Crippen LogP contribution in [0.15, 0.2) is 0 Å². The lowest BCUT2D eigenvalue weighted by Crippen LogP contribution is -2.39. The van der Waals surface area contributed by atoms with Crippen LogP contribution in [0.4, 0.5) is 0 Å². The van der Waals surface area contributed by atoms with Gasteiger partial charge in [-0.3, -0.25) is 4.79 Å². The van der Waals surface area contributed by atoms with Crippen molar-refractivity contribution in [2.75, 3.05) is 33.7 Å². The molecular formula is C10H20N6O. The number of carbonyl (C=O) groups is 1. The van der Waals surface area contributed by atoms with E-state index in [0.29, 0.717) is 19.0 Å². The fourth-order valence-electron chi connectivity index (χ4n) is 1.43. The minimum Gasteiger partial charge on any atom is -0.334 e. The molecule has 1 amide bonds. The lowest BCUT2D eigenvalue weighted by atomic mass is 10.2. The molecule has 0 aromatic carbocycles. The Morgan fingerprint density at radius 3 is 2.53 bits per heavy atom. The first-order valence-corrected chi connectivity index (χ1v) is 5.68. The molecule has 0 fully saturated rings. The van der Waals surface area contributed by atoms with E-state index in [1.54, 1.807) is 4.90 Å². The number of aromatic nitrogens is 4. The normalized spacial score (nSPS) is 11.2. The topological polar surface area (TPSA) is 78.0 Å². The molecule has 1 rings (SSSR count). The standard InChI is InChI=1S/C10H20N6O/c1-8(2)7-16(6-5-15(3)4)10(17)9-11-13-14-12-9/h8H,5-7H2,1-4H3,(H,11,12,13,14). The summed E-state index contributed by atoms with van der Waals surface area (Å²) in [6.45, 7) is 6.33. The summed E-state index contributed by atoms with van der Waals surface area (Å²) in [5.74, 6) is 0.367. The highest BCUT2D eigenvalue weighted by Gasteiger charge is 2.20. The zero-order valence-corrected chi connectivity index (χ0v) is 10.8. The summed E-state index contributed by atoms with van der Waals surface area (Å²) in [6, 6.07) is 0. The Labute approximate surface area is 101 Å². The minimum atomic E-state index is -0.172. The molecule has 0 atom stereocenters. The molecule has 0 bridgehead atoms. The fraction of sp³-hybridized carbons (Fsp3) is 0.800. The maximum Gasteiger partial charge on any atom is 0.295 e. The van der Waals surface area contributed by atoms with E-state index in [0.717, 1.165) is 6.54 Å². The number of H-pyrrole nitrogens is 1. The number of carbonyl (C=O) groups excluding carboxylic acids is 1. The molecule has 1 N–H and O–H groups in total. The average molecular weight is 240 g/mol. The van der Waals surface area contributed by atoms with Crippen LogP contribution in [0.5, 0.6) is 0 Å². The Hall–Kier alpha value is -1.50. The Balaban J connectivity index is 2.65. The van der Waals surface area contributed by atoms with Gasteiger partial charge in [0, 0.05) is 19.6 Å². The number of nitrogens with one attached hydrogen (secondary N) is 1. The molecule has 0 spiro atoms. The number of hydrogen-bond acceptors (Lipinski definition) is 5. The molecule has 17 heavy (non-hydrogen) atoms. The third kappa shape index (κ3) is 4.48. The molecule has 0 saturated carbocycles. The number of hydrogen-bond donors (Lipinski definition) is 1. The summed E-state index contributed by atoms with van der Waals surface area (Å²) in [6.07, 6.45) is 0. The van der Waals surface area contributed by atoms with Gasteiger partial charge >= 0.3 is 0 Å². The summed E-state index contributed by atoms with van der Waals surface area (Å²) in [7, 11) is 3.96. The summed E-state index contributed by atoms with van der Waals surface area (Å²) < 4.78 is 0. The van der Waals surface area contributed by atoms with Crippen LogP contribution in [-0.2, 0) is 0 Å². The van der Waals surface area contributed by atoms with Crippen LogP contribution in [0.1, 0.15) is 24.5 Å². The van der Waals surface area contributed by atoms with Crippen LogP contribution in [0.2, 0.25) is 0 Å². The second-order valence-corrected chi connectivity index (χ2v) is 4.68. The Bertz CT molecular complexity index is 335. The van der Waals surface area contributed by atoms with Gasteiger partial charge in [-0.25, -0.2) is 0 Å². The van der Waals surface area contributed by atoms with Gasteiger partial charge < -0.3 is 9.80 Å². The SMILES string of the molecule is CC(C)CN(CCN(C)C)C(=O)c1nn[nH]n1. The van der Waals surface area contributed by atoms with E-state index in [-0.39, 0.29) is 11.7 Å². The quantitative estimate of drug-likeness (QED) is 0.748. The minimum absolute atomic E-state index is 0.129.